The molecular formula is C8H7N2O2Si. The molecule has 1 rings (SSSR count). The van der Waals surface area contributed by atoms with Crippen molar-refractivity contribution >= 4 is 16.3 Å². The average Bonchev–Trinajstić information content (AvgIpc) is 2.18. The number of para-hydroxylation sites is 1. The lowest BCUT2D eigenvalue weighted by Crippen LogP contribution is -1.97. The van der Waals surface area contributed by atoms with E-state index in [2.05, 4.69) is 20.3 Å². The Morgan fingerprint density at radius 1 is 1.46 bits per heavy atom. The number of hydrogen-bond donors (Lipinski definition) is 0. The highest BCUT2D eigenvalue weighted by Gasteiger charge is 2.09. The van der Waals surface area contributed by atoms with Crippen molar-refractivity contribution in [1.29, 1.82) is 0 Å². The van der Waals surface area contributed by atoms with Crippen molar-refractivity contribution in [1.82, 2.24) is 0 Å². The molecule has 0 bridgehead atoms. The molecule has 0 aliphatic carbocycles. The summed E-state index contributed by atoms with van der Waals surface area (Å²) in [6.07, 6.45) is 0. The van der Waals surface area contributed by atoms with Crippen LogP contribution in [0.2, 0.25) is 0 Å². The topological polar surface area (TPSA) is 51.0 Å². The highest BCUT2D eigenvalue weighted by atomic mass is 28.2. The summed E-state index contributed by atoms with van der Waals surface area (Å²) >= 11 is 0. The van der Waals surface area contributed by atoms with Crippen LogP contribution in [0, 0.1) is 0 Å². The second-order valence-corrected chi connectivity index (χ2v) is 2.41. The fourth-order valence-electron chi connectivity index (χ4n) is 0.921. The standard InChI is InChI=1S/C8H7N2O2Si/c1-12-7-5-3-2-4-6(7)8(11)9-10-13/h2-5H,1H3. The number of carbonyl (C=O) groups is 1. The lowest BCUT2D eigenvalue weighted by Gasteiger charge is -2.02. The Morgan fingerprint density at radius 3 is 2.77 bits per heavy atom. The number of ether oxygens (including phenoxy) is 1. The molecule has 0 atom stereocenters. The predicted octanol–water partition coefficient (Wildman–Crippen LogP) is 1.37. The van der Waals surface area contributed by atoms with Crippen LogP contribution in [0.3, 0.4) is 0 Å². The van der Waals surface area contributed by atoms with E-state index in [1.54, 1.807) is 24.3 Å². The lowest BCUT2D eigenvalue weighted by atomic mass is 10.2. The van der Waals surface area contributed by atoms with Gasteiger partial charge in [-0.3, -0.25) is 4.79 Å². The second kappa shape index (κ2) is 4.51. The summed E-state index contributed by atoms with van der Waals surface area (Å²) in [4.78, 5) is 11.3. The minimum absolute atomic E-state index is 0.395. The second-order valence-electron chi connectivity index (χ2n) is 2.21. The van der Waals surface area contributed by atoms with E-state index in [9.17, 15) is 4.79 Å². The van der Waals surface area contributed by atoms with Crippen molar-refractivity contribution in [2.75, 3.05) is 7.11 Å². The maximum atomic E-state index is 11.3. The van der Waals surface area contributed by atoms with Gasteiger partial charge in [-0.1, -0.05) is 12.1 Å². The number of amides is 1. The van der Waals surface area contributed by atoms with Crippen LogP contribution in [0.1, 0.15) is 10.4 Å². The zero-order valence-corrected chi connectivity index (χ0v) is 8.02. The van der Waals surface area contributed by atoms with Gasteiger partial charge in [0.05, 0.1) is 12.7 Å². The molecule has 0 aromatic heterocycles. The number of benzene rings is 1. The van der Waals surface area contributed by atoms with Crippen molar-refractivity contribution in [3.63, 3.8) is 0 Å². The summed E-state index contributed by atoms with van der Waals surface area (Å²) in [6.45, 7) is 0. The number of carbonyl (C=O) groups excluding carboxylic acids is 1. The van der Waals surface area contributed by atoms with Gasteiger partial charge in [0.1, 0.15) is 5.75 Å². The quantitative estimate of drug-likeness (QED) is 0.523. The van der Waals surface area contributed by atoms with E-state index in [1.165, 1.54) is 7.11 Å². The zero-order chi connectivity index (χ0) is 9.68. The predicted molar refractivity (Wildman–Crippen MR) is 47.9 cm³/mol. The normalized spacial score (nSPS) is 10.3. The summed E-state index contributed by atoms with van der Waals surface area (Å²) in [5, 5.41) is 3.32. The maximum Gasteiger partial charge on any atom is 0.297 e. The number of methoxy groups -OCH3 is 1. The molecule has 3 radical (unpaired) electrons. The molecule has 1 amide bonds. The minimum atomic E-state index is -0.438. The summed E-state index contributed by atoms with van der Waals surface area (Å²) in [5.74, 6) is 0.0546. The van der Waals surface area contributed by atoms with Gasteiger partial charge in [0.25, 0.3) is 16.3 Å². The first kappa shape index (κ1) is 9.59. The summed E-state index contributed by atoms with van der Waals surface area (Å²) < 4.78 is 8.19. The van der Waals surface area contributed by atoms with Crippen LogP contribution in [0.15, 0.2) is 34.2 Å². The van der Waals surface area contributed by atoms with Gasteiger partial charge in [0, 0.05) is 0 Å². The number of nitrogens with zero attached hydrogens (tertiary/aromatic N) is 2. The SMILES string of the molecule is COc1ccccc1C(=O)N=N[Si]. The molecule has 1 aromatic rings. The molecule has 0 aliphatic rings. The Labute approximate surface area is 79.1 Å². The molecule has 0 aliphatic heterocycles. The van der Waals surface area contributed by atoms with Gasteiger partial charge in [-0.05, 0) is 12.1 Å². The summed E-state index contributed by atoms with van der Waals surface area (Å²) in [7, 11) is 4.23. The molecule has 0 spiro atoms. The van der Waals surface area contributed by atoms with E-state index < -0.39 is 5.91 Å². The molecule has 4 nitrogen and oxygen atoms in total. The van der Waals surface area contributed by atoms with Gasteiger partial charge < -0.3 is 4.74 Å². The first-order valence-electron chi connectivity index (χ1n) is 3.54. The van der Waals surface area contributed by atoms with Crippen LogP contribution >= 0.6 is 0 Å². The fourth-order valence-corrected chi connectivity index (χ4v) is 1.01. The minimum Gasteiger partial charge on any atom is -0.496 e. The fraction of sp³-hybridized carbons (Fsp3) is 0.125. The molecule has 1 aromatic carbocycles. The first-order valence-corrected chi connectivity index (χ1v) is 3.99. The van der Waals surface area contributed by atoms with E-state index in [1.807, 2.05) is 0 Å². The van der Waals surface area contributed by atoms with Crippen molar-refractivity contribution in [3.8, 4) is 5.75 Å². The van der Waals surface area contributed by atoms with Gasteiger partial charge in [-0.15, -0.1) is 5.11 Å². The number of hydrogen-bond acceptors (Lipinski definition) is 3. The molecule has 0 saturated heterocycles. The molecule has 5 heteroatoms. The van der Waals surface area contributed by atoms with Crippen LogP contribution in [0.5, 0.6) is 5.75 Å². The van der Waals surface area contributed by atoms with Crippen molar-refractivity contribution < 1.29 is 9.53 Å². The first-order chi connectivity index (χ1) is 6.29. The van der Waals surface area contributed by atoms with Crippen molar-refractivity contribution in [2.24, 2.45) is 9.89 Å². The Bertz CT molecular complexity index is 339. The molecule has 0 fully saturated rings. The molecule has 13 heavy (non-hydrogen) atoms. The van der Waals surface area contributed by atoms with E-state index >= 15 is 0 Å². The number of rotatable bonds is 2. The van der Waals surface area contributed by atoms with Crippen molar-refractivity contribution in [3.05, 3.63) is 29.8 Å². The summed E-state index contributed by atoms with van der Waals surface area (Å²) in [5.41, 5.74) is 0.395. The maximum absolute atomic E-state index is 11.3. The Hall–Kier alpha value is -1.49. The Kier molecular flexibility index (Phi) is 3.33. The average molecular weight is 191 g/mol. The van der Waals surface area contributed by atoms with Crippen LogP contribution in [-0.2, 0) is 0 Å². The van der Waals surface area contributed by atoms with E-state index in [0.717, 1.165) is 0 Å². The van der Waals surface area contributed by atoms with Gasteiger partial charge in [-0.25, -0.2) is 4.78 Å². The largest absolute Gasteiger partial charge is 0.496 e. The highest BCUT2D eigenvalue weighted by molar-refractivity contribution is 6.06. The Morgan fingerprint density at radius 2 is 2.15 bits per heavy atom. The van der Waals surface area contributed by atoms with Gasteiger partial charge >= 0.3 is 0 Å². The van der Waals surface area contributed by atoms with Crippen molar-refractivity contribution in [2.45, 2.75) is 0 Å². The molecular weight excluding hydrogens is 184 g/mol. The monoisotopic (exact) mass is 191 g/mol. The molecule has 0 N–H and O–H groups in total. The third-order valence-corrected chi connectivity index (χ3v) is 1.58. The lowest BCUT2D eigenvalue weighted by molar-refractivity contribution is 0.0993. The molecule has 65 valence electrons. The summed E-state index contributed by atoms with van der Waals surface area (Å²) in [6, 6.07) is 6.83. The van der Waals surface area contributed by atoms with Gasteiger partial charge in [0.2, 0.25) is 0 Å². The molecule has 0 saturated carbocycles. The third-order valence-electron chi connectivity index (χ3n) is 1.48. The van der Waals surface area contributed by atoms with Crippen LogP contribution < -0.4 is 4.74 Å². The Balaban J connectivity index is 3.05. The molecule has 0 unspecified atom stereocenters. The van der Waals surface area contributed by atoms with E-state index in [4.69, 9.17) is 4.74 Å². The molecule has 0 heterocycles. The highest BCUT2D eigenvalue weighted by Crippen LogP contribution is 2.17. The third kappa shape index (κ3) is 2.22. The van der Waals surface area contributed by atoms with E-state index in [-0.39, 0.29) is 0 Å². The van der Waals surface area contributed by atoms with Gasteiger partial charge in [-0.2, -0.15) is 0 Å². The van der Waals surface area contributed by atoms with E-state index in [0.29, 0.717) is 11.3 Å². The smallest absolute Gasteiger partial charge is 0.297 e. The van der Waals surface area contributed by atoms with Crippen LogP contribution in [-0.4, -0.2) is 23.4 Å². The van der Waals surface area contributed by atoms with Crippen LogP contribution in [0.25, 0.3) is 0 Å². The van der Waals surface area contributed by atoms with Crippen LogP contribution in [0.4, 0.5) is 0 Å². The zero-order valence-electron chi connectivity index (χ0n) is 7.02. The van der Waals surface area contributed by atoms with Gasteiger partial charge in [0.15, 0.2) is 0 Å².